The quantitative estimate of drug-likeness (QED) is 0.209. The molecule has 0 saturated carbocycles. The summed E-state index contributed by atoms with van der Waals surface area (Å²) in [5, 5.41) is 15.5. The molecule has 3 N–H and O–H groups in total. The average Bonchev–Trinajstić information content (AvgIpc) is 3.05. The van der Waals surface area contributed by atoms with Gasteiger partial charge < -0.3 is 24.6 Å². The van der Waals surface area contributed by atoms with Crippen molar-refractivity contribution < 1.29 is 51.3 Å². The maximum atomic E-state index is 15.0. The molecule has 0 bridgehead atoms. The van der Waals surface area contributed by atoms with Gasteiger partial charge in [-0.3, -0.25) is 18.4 Å². The number of carbonyl (C=O) groups excluding carboxylic acids is 2. The first-order valence-electron chi connectivity index (χ1n) is 12.7. The van der Waals surface area contributed by atoms with Crippen molar-refractivity contribution in [1.82, 2.24) is 14.6 Å². The van der Waals surface area contributed by atoms with Crippen LogP contribution in [0.1, 0.15) is 54.7 Å². The molecule has 0 spiro atoms. The highest BCUT2D eigenvalue weighted by molar-refractivity contribution is 7.51. The lowest BCUT2D eigenvalue weighted by atomic mass is 10.1. The molecule has 2 heterocycles. The second kappa shape index (κ2) is 13.9. The van der Waals surface area contributed by atoms with Gasteiger partial charge in [-0.15, -0.1) is 0 Å². The Morgan fingerprint density at radius 2 is 1.88 bits per heavy atom. The summed E-state index contributed by atoms with van der Waals surface area (Å²) in [5.41, 5.74) is -1.07. The zero-order valence-corrected chi connectivity index (χ0v) is 24.2. The van der Waals surface area contributed by atoms with Crippen LogP contribution in [0.25, 0.3) is 0 Å². The number of nitrogens with one attached hydrogen (secondary N) is 2. The zero-order valence-electron chi connectivity index (χ0n) is 23.3. The molecule has 1 aliphatic heterocycles. The van der Waals surface area contributed by atoms with Gasteiger partial charge in [0.1, 0.15) is 18.0 Å². The summed E-state index contributed by atoms with van der Waals surface area (Å²) in [6.07, 6.45) is -7.51. The van der Waals surface area contributed by atoms with E-state index in [1.165, 1.54) is 26.8 Å². The van der Waals surface area contributed by atoms with Gasteiger partial charge in [-0.1, -0.05) is 0 Å². The van der Waals surface area contributed by atoms with Gasteiger partial charge >= 0.3 is 31.3 Å². The van der Waals surface area contributed by atoms with Crippen LogP contribution < -0.4 is 16.1 Å². The number of esters is 2. The van der Waals surface area contributed by atoms with Crippen molar-refractivity contribution in [2.24, 2.45) is 0 Å². The van der Waals surface area contributed by atoms with Gasteiger partial charge in [0.2, 0.25) is 6.23 Å². The standard InChI is InChI=1S/C23H37F2N4O10P/c1-8-35-20(32)15(7)39-40(34,28-14(6)19(31)37-13(4)5)36-11-16-18(30)23(24,25)21(38-16)29-10-9-17(26-12(2)3)27-22(29)33/h9-10,12-16,18,21,30H,8,11H2,1-7H3,(H,28,34)(H,26,27,33)/t14?,15?,16-,18-,21-,40?/m1/s1. The molecule has 0 radical (unpaired) electrons. The third-order valence-corrected chi connectivity index (χ3v) is 7.07. The lowest BCUT2D eigenvalue weighted by Gasteiger charge is -2.26. The second-order valence-corrected chi connectivity index (χ2v) is 11.3. The number of carbonyl (C=O) groups is 2. The summed E-state index contributed by atoms with van der Waals surface area (Å²) < 4.78 is 69.7. The molecule has 1 fully saturated rings. The second-order valence-electron chi connectivity index (χ2n) is 9.58. The first kappa shape index (κ1) is 33.7. The Morgan fingerprint density at radius 3 is 2.42 bits per heavy atom. The summed E-state index contributed by atoms with van der Waals surface area (Å²) in [4.78, 5) is 40.4. The fourth-order valence-electron chi connectivity index (χ4n) is 3.48. The zero-order chi connectivity index (χ0) is 30.4. The van der Waals surface area contributed by atoms with Gasteiger partial charge in [-0.05, 0) is 54.5 Å². The van der Waals surface area contributed by atoms with Crippen molar-refractivity contribution in [3.63, 3.8) is 0 Å². The molecule has 1 aliphatic rings. The Kier molecular flexibility index (Phi) is 11.7. The van der Waals surface area contributed by atoms with E-state index >= 15 is 8.78 Å². The minimum Gasteiger partial charge on any atom is -0.464 e. The summed E-state index contributed by atoms with van der Waals surface area (Å²) in [6.45, 7) is 9.82. The van der Waals surface area contributed by atoms with Gasteiger partial charge in [-0.25, -0.2) is 19.2 Å². The third-order valence-electron chi connectivity index (χ3n) is 5.28. The van der Waals surface area contributed by atoms with Crippen molar-refractivity contribution in [3.8, 4) is 0 Å². The molecule has 0 amide bonds. The Morgan fingerprint density at radius 1 is 1.23 bits per heavy atom. The number of aromatic nitrogens is 2. The highest BCUT2D eigenvalue weighted by atomic mass is 31.2. The van der Waals surface area contributed by atoms with E-state index in [-0.39, 0.29) is 18.5 Å². The molecule has 0 aliphatic carbocycles. The van der Waals surface area contributed by atoms with Crippen LogP contribution in [-0.2, 0) is 37.4 Å². The predicted octanol–water partition coefficient (Wildman–Crippen LogP) is 1.98. The van der Waals surface area contributed by atoms with Crippen molar-refractivity contribution in [2.75, 3.05) is 18.5 Å². The van der Waals surface area contributed by atoms with E-state index in [4.69, 9.17) is 23.3 Å². The van der Waals surface area contributed by atoms with Gasteiger partial charge in [0, 0.05) is 12.2 Å². The SMILES string of the molecule is CCOC(=O)C(C)OP(=O)(NC(C)C(=O)OC(C)C)OC[C@H]1O[C@@H](n2ccc(NC(C)C)nc2=O)C(F)(F)[C@@H]1O. The van der Waals surface area contributed by atoms with Crippen LogP contribution >= 0.6 is 7.75 Å². The maximum absolute atomic E-state index is 15.0. The number of anilines is 1. The number of halogens is 2. The topological polar surface area (TPSA) is 177 Å². The number of hydrogen-bond acceptors (Lipinski definition) is 12. The summed E-state index contributed by atoms with van der Waals surface area (Å²) in [5.74, 6) is -5.58. The molecule has 3 unspecified atom stereocenters. The largest absolute Gasteiger partial charge is 0.464 e. The maximum Gasteiger partial charge on any atom is 0.407 e. The summed E-state index contributed by atoms with van der Waals surface area (Å²) in [7, 11) is -4.63. The summed E-state index contributed by atoms with van der Waals surface area (Å²) >= 11 is 0. The third kappa shape index (κ3) is 8.75. The van der Waals surface area contributed by atoms with Crippen molar-refractivity contribution in [3.05, 3.63) is 22.7 Å². The molecule has 1 aromatic heterocycles. The molecular formula is C23H37F2N4O10P. The van der Waals surface area contributed by atoms with E-state index in [2.05, 4.69) is 15.4 Å². The number of aliphatic hydroxyl groups is 1. The predicted molar refractivity (Wildman–Crippen MR) is 137 cm³/mol. The van der Waals surface area contributed by atoms with E-state index in [1.54, 1.807) is 27.7 Å². The lowest BCUT2D eigenvalue weighted by Crippen LogP contribution is -2.42. The molecule has 6 atom stereocenters. The van der Waals surface area contributed by atoms with E-state index in [9.17, 15) is 24.1 Å². The Hall–Kier alpha value is -2.49. The molecule has 2 rings (SSSR count). The monoisotopic (exact) mass is 598 g/mol. The van der Waals surface area contributed by atoms with Crippen LogP contribution in [0.2, 0.25) is 0 Å². The fourth-order valence-corrected chi connectivity index (χ4v) is 5.10. The van der Waals surface area contributed by atoms with E-state index in [1.807, 2.05) is 0 Å². The molecule has 40 heavy (non-hydrogen) atoms. The Bertz CT molecular complexity index is 1140. The first-order valence-corrected chi connectivity index (χ1v) is 14.2. The molecule has 228 valence electrons. The van der Waals surface area contributed by atoms with Crippen LogP contribution in [0, 0.1) is 0 Å². The number of aliphatic hydroxyl groups excluding tert-OH is 1. The van der Waals surface area contributed by atoms with Gasteiger partial charge in [-0.2, -0.15) is 13.8 Å². The lowest BCUT2D eigenvalue weighted by molar-refractivity contribution is -0.151. The highest BCUT2D eigenvalue weighted by Gasteiger charge is 2.60. The Labute approximate surface area is 230 Å². The average molecular weight is 599 g/mol. The van der Waals surface area contributed by atoms with Crippen molar-refractivity contribution in [2.45, 2.75) is 97.1 Å². The van der Waals surface area contributed by atoms with E-state index < -0.39 is 74.6 Å². The highest BCUT2D eigenvalue weighted by Crippen LogP contribution is 2.48. The van der Waals surface area contributed by atoms with Crippen LogP contribution in [0.5, 0.6) is 0 Å². The van der Waals surface area contributed by atoms with Crippen LogP contribution in [0.15, 0.2) is 17.1 Å². The molecule has 1 aromatic rings. The molecule has 1 saturated heterocycles. The Balaban J connectivity index is 2.25. The van der Waals surface area contributed by atoms with Crippen LogP contribution in [0.4, 0.5) is 14.6 Å². The van der Waals surface area contributed by atoms with Crippen molar-refractivity contribution in [1.29, 1.82) is 0 Å². The fraction of sp³-hybridized carbons (Fsp3) is 0.739. The molecular weight excluding hydrogens is 561 g/mol. The van der Waals surface area contributed by atoms with E-state index in [0.29, 0.717) is 4.57 Å². The van der Waals surface area contributed by atoms with Crippen LogP contribution in [0.3, 0.4) is 0 Å². The molecule has 0 aromatic carbocycles. The number of hydrogen-bond donors (Lipinski definition) is 3. The van der Waals surface area contributed by atoms with Gasteiger partial charge in [0.05, 0.1) is 19.3 Å². The number of ether oxygens (including phenoxy) is 3. The van der Waals surface area contributed by atoms with Crippen molar-refractivity contribution >= 4 is 25.5 Å². The number of rotatable bonds is 14. The summed E-state index contributed by atoms with van der Waals surface area (Å²) in [6, 6.07) is -0.0747. The minimum absolute atomic E-state index is 0.0104. The molecule has 14 nitrogen and oxygen atoms in total. The van der Waals surface area contributed by atoms with Crippen LogP contribution in [-0.4, -0.2) is 82.2 Å². The first-order chi connectivity index (χ1) is 18.5. The molecule has 17 heteroatoms. The normalized spacial score (nSPS) is 23.4. The number of nitrogens with zero attached hydrogens (tertiary/aromatic N) is 2. The number of alkyl halides is 2. The van der Waals surface area contributed by atoms with Gasteiger partial charge in [0.25, 0.3) is 0 Å². The minimum atomic E-state index is -4.63. The van der Waals surface area contributed by atoms with Gasteiger partial charge in [0.15, 0.2) is 12.2 Å². The smallest absolute Gasteiger partial charge is 0.407 e. The van der Waals surface area contributed by atoms with E-state index in [0.717, 1.165) is 6.20 Å².